The lowest BCUT2D eigenvalue weighted by molar-refractivity contribution is -0.130. The quantitative estimate of drug-likeness (QED) is 0.752. The molecule has 0 radical (unpaired) electrons. The summed E-state index contributed by atoms with van der Waals surface area (Å²) in [6.07, 6.45) is 5.15. The fourth-order valence-electron chi connectivity index (χ4n) is 3.84. The molecule has 0 saturated heterocycles. The molecule has 0 bridgehead atoms. The fourth-order valence-corrected chi connectivity index (χ4v) is 3.84. The minimum Gasteiger partial charge on any atom is -0.334 e. The third-order valence-corrected chi connectivity index (χ3v) is 5.32. The molecule has 1 amide bonds. The third-order valence-electron chi connectivity index (χ3n) is 5.32. The van der Waals surface area contributed by atoms with Gasteiger partial charge in [-0.3, -0.25) is 9.69 Å². The van der Waals surface area contributed by atoms with Gasteiger partial charge in [0.1, 0.15) is 0 Å². The molecule has 0 spiro atoms. The van der Waals surface area contributed by atoms with Crippen LogP contribution in [0, 0.1) is 0 Å². The molecule has 2 aliphatic rings. The first-order valence-electron chi connectivity index (χ1n) is 9.43. The van der Waals surface area contributed by atoms with Crippen LogP contribution in [0.5, 0.6) is 0 Å². The van der Waals surface area contributed by atoms with Crippen molar-refractivity contribution >= 4 is 5.91 Å². The van der Waals surface area contributed by atoms with E-state index in [1.54, 1.807) is 6.92 Å². The first kappa shape index (κ1) is 17.0. The molecule has 0 atom stereocenters. The van der Waals surface area contributed by atoms with Gasteiger partial charge in [-0.15, -0.1) is 6.58 Å². The van der Waals surface area contributed by atoms with Crippen LogP contribution in [0.4, 0.5) is 0 Å². The number of hydrogen-bond donors (Lipinski definition) is 0. The highest BCUT2D eigenvalue weighted by Crippen LogP contribution is 2.31. The van der Waals surface area contributed by atoms with Crippen LogP contribution in [-0.4, -0.2) is 44.6 Å². The number of benzene rings is 1. The maximum atomic E-state index is 12.1. The number of amides is 1. The van der Waals surface area contributed by atoms with E-state index in [1.807, 2.05) is 29.2 Å². The number of carbonyl (C=O) groups excluding carboxylic acids is 1. The van der Waals surface area contributed by atoms with E-state index in [-0.39, 0.29) is 5.91 Å². The first-order valence-corrected chi connectivity index (χ1v) is 9.43. The molecule has 136 valence electrons. The Hall–Kier alpha value is -2.40. The van der Waals surface area contributed by atoms with Gasteiger partial charge in [0.15, 0.2) is 0 Å². The smallest absolute Gasteiger partial charge is 0.220 e. The normalized spacial score (nSPS) is 17.0. The second-order valence-corrected chi connectivity index (χ2v) is 7.27. The molecule has 5 nitrogen and oxygen atoms in total. The summed E-state index contributed by atoms with van der Waals surface area (Å²) < 4.78 is 2.08. The molecule has 26 heavy (non-hydrogen) atoms. The molecule has 1 aromatic carbocycles. The lowest BCUT2D eigenvalue weighted by Gasteiger charge is -2.27. The SMILES string of the molecule is C=CCN1CCc2c(c(CN(C(C)=O)C3CC3)nn2-c2ccccc2)C1. The van der Waals surface area contributed by atoms with Crippen molar-refractivity contribution in [2.24, 2.45) is 0 Å². The first-order chi connectivity index (χ1) is 12.7. The zero-order chi connectivity index (χ0) is 18.1. The predicted octanol–water partition coefficient (Wildman–Crippen LogP) is 2.93. The van der Waals surface area contributed by atoms with Gasteiger partial charge >= 0.3 is 0 Å². The monoisotopic (exact) mass is 350 g/mol. The highest BCUT2D eigenvalue weighted by Gasteiger charge is 2.33. The van der Waals surface area contributed by atoms with Gasteiger partial charge in [-0.2, -0.15) is 5.10 Å². The van der Waals surface area contributed by atoms with E-state index in [0.29, 0.717) is 12.6 Å². The van der Waals surface area contributed by atoms with Gasteiger partial charge in [-0.05, 0) is 25.0 Å². The van der Waals surface area contributed by atoms with Gasteiger partial charge in [-0.1, -0.05) is 24.3 Å². The third kappa shape index (κ3) is 3.31. The molecule has 0 unspecified atom stereocenters. The average Bonchev–Trinajstić information content (AvgIpc) is 3.42. The molecule has 1 aliphatic carbocycles. The number of fused-ring (bicyclic) bond motifs is 1. The summed E-state index contributed by atoms with van der Waals surface area (Å²) in [5.41, 5.74) is 4.70. The van der Waals surface area contributed by atoms with E-state index >= 15 is 0 Å². The molecule has 1 aliphatic heterocycles. The summed E-state index contributed by atoms with van der Waals surface area (Å²) in [6.45, 7) is 8.93. The number of aromatic nitrogens is 2. The van der Waals surface area contributed by atoms with Crippen molar-refractivity contribution in [1.82, 2.24) is 19.6 Å². The molecule has 1 fully saturated rings. The van der Waals surface area contributed by atoms with Crippen molar-refractivity contribution in [1.29, 1.82) is 0 Å². The molecular weight excluding hydrogens is 324 g/mol. The van der Waals surface area contributed by atoms with Crippen LogP contribution in [0.15, 0.2) is 43.0 Å². The summed E-state index contributed by atoms with van der Waals surface area (Å²) in [5, 5.41) is 4.96. The van der Waals surface area contributed by atoms with E-state index in [1.165, 1.54) is 11.3 Å². The summed E-state index contributed by atoms with van der Waals surface area (Å²) in [6, 6.07) is 10.7. The van der Waals surface area contributed by atoms with Crippen LogP contribution < -0.4 is 0 Å². The topological polar surface area (TPSA) is 41.4 Å². The van der Waals surface area contributed by atoms with E-state index in [0.717, 1.165) is 50.3 Å². The van der Waals surface area contributed by atoms with E-state index in [4.69, 9.17) is 5.10 Å². The molecule has 1 aromatic heterocycles. The van der Waals surface area contributed by atoms with E-state index in [9.17, 15) is 4.79 Å². The lowest BCUT2D eigenvalue weighted by Crippen LogP contribution is -2.33. The average molecular weight is 350 g/mol. The Morgan fingerprint density at radius 3 is 2.77 bits per heavy atom. The van der Waals surface area contributed by atoms with Crippen molar-refractivity contribution in [2.75, 3.05) is 13.1 Å². The van der Waals surface area contributed by atoms with Crippen LogP contribution >= 0.6 is 0 Å². The van der Waals surface area contributed by atoms with Gasteiger partial charge in [0.2, 0.25) is 5.91 Å². The predicted molar refractivity (Wildman–Crippen MR) is 102 cm³/mol. The second-order valence-electron chi connectivity index (χ2n) is 7.27. The number of para-hydroxylation sites is 1. The summed E-state index contributed by atoms with van der Waals surface area (Å²) in [7, 11) is 0. The van der Waals surface area contributed by atoms with Crippen molar-refractivity contribution in [3.05, 3.63) is 59.9 Å². The van der Waals surface area contributed by atoms with Crippen molar-refractivity contribution < 1.29 is 4.79 Å². The Morgan fingerprint density at radius 1 is 1.35 bits per heavy atom. The molecule has 0 N–H and O–H groups in total. The largest absolute Gasteiger partial charge is 0.334 e. The van der Waals surface area contributed by atoms with Gasteiger partial charge in [0, 0.05) is 44.6 Å². The second kappa shape index (κ2) is 7.08. The summed E-state index contributed by atoms with van der Waals surface area (Å²) in [4.78, 5) is 16.5. The van der Waals surface area contributed by atoms with Crippen LogP contribution in [0.1, 0.15) is 36.7 Å². The summed E-state index contributed by atoms with van der Waals surface area (Å²) >= 11 is 0. The maximum absolute atomic E-state index is 12.1. The van der Waals surface area contributed by atoms with Crippen LogP contribution in [0.2, 0.25) is 0 Å². The van der Waals surface area contributed by atoms with Gasteiger partial charge < -0.3 is 4.90 Å². The Morgan fingerprint density at radius 2 is 2.12 bits per heavy atom. The lowest BCUT2D eigenvalue weighted by atomic mass is 10.0. The molecular formula is C21H26N4O. The highest BCUT2D eigenvalue weighted by atomic mass is 16.2. The number of hydrogen-bond acceptors (Lipinski definition) is 3. The molecule has 5 heteroatoms. The Balaban J connectivity index is 1.71. The molecule has 2 heterocycles. The van der Waals surface area contributed by atoms with Crippen molar-refractivity contribution in [3.63, 3.8) is 0 Å². The van der Waals surface area contributed by atoms with E-state index < -0.39 is 0 Å². The maximum Gasteiger partial charge on any atom is 0.220 e. The van der Waals surface area contributed by atoms with Crippen LogP contribution in [0.25, 0.3) is 5.69 Å². The highest BCUT2D eigenvalue weighted by molar-refractivity contribution is 5.74. The fraction of sp³-hybridized carbons (Fsp3) is 0.429. The van der Waals surface area contributed by atoms with Crippen LogP contribution in [0.3, 0.4) is 0 Å². The van der Waals surface area contributed by atoms with E-state index in [2.05, 4.69) is 28.3 Å². The van der Waals surface area contributed by atoms with Crippen molar-refractivity contribution in [3.8, 4) is 5.69 Å². The van der Waals surface area contributed by atoms with Crippen molar-refractivity contribution in [2.45, 2.75) is 45.3 Å². The minimum absolute atomic E-state index is 0.147. The van der Waals surface area contributed by atoms with Crippen LogP contribution in [-0.2, 0) is 24.3 Å². The standard InChI is InChI=1S/C21H26N4O/c1-3-12-23-13-11-21-19(14-23)20(15-24(16(2)26)17-9-10-17)22-25(21)18-7-5-4-6-8-18/h3-8,17H,1,9-15H2,2H3. The molecule has 1 saturated carbocycles. The zero-order valence-electron chi connectivity index (χ0n) is 15.4. The number of nitrogens with zero attached hydrogens (tertiary/aromatic N) is 4. The van der Waals surface area contributed by atoms with Gasteiger partial charge in [-0.25, -0.2) is 4.68 Å². The molecule has 2 aromatic rings. The van der Waals surface area contributed by atoms with Gasteiger partial charge in [0.25, 0.3) is 0 Å². The zero-order valence-corrected chi connectivity index (χ0v) is 15.4. The minimum atomic E-state index is 0.147. The summed E-state index contributed by atoms with van der Waals surface area (Å²) in [5.74, 6) is 0.147. The Kier molecular flexibility index (Phi) is 4.64. The number of rotatable bonds is 6. The van der Waals surface area contributed by atoms with Gasteiger partial charge in [0.05, 0.1) is 23.6 Å². The number of carbonyl (C=O) groups is 1. The Bertz CT molecular complexity index is 807. The Labute approximate surface area is 154 Å². The molecule has 4 rings (SSSR count).